The zero-order valence-electron chi connectivity index (χ0n) is 20.1. The van der Waals surface area contributed by atoms with Crippen LogP contribution in [0.15, 0.2) is 12.1 Å². The number of hydrogen-bond donors (Lipinski definition) is 0. The van der Waals surface area contributed by atoms with Crippen molar-refractivity contribution in [3.63, 3.8) is 0 Å². The van der Waals surface area contributed by atoms with E-state index in [0.717, 1.165) is 31.2 Å². The van der Waals surface area contributed by atoms with Crippen molar-refractivity contribution in [2.24, 2.45) is 11.3 Å². The van der Waals surface area contributed by atoms with Gasteiger partial charge in [-0.1, -0.05) is 0 Å². The van der Waals surface area contributed by atoms with Gasteiger partial charge >= 0.3 is 11.9 Å². The highest BCUT2D eigenvalue weighted by atomic mass is 19.1. The van der Waals surface area contributed by atoms with Gasteiger partial charge in [0.15, 0.2) is 0 Å². The number of rotatable bonds is 6. The summed E-state index contributed by atoms with van der Waals surface area (Å²) in [5, 5.41) is 1.71. The molecule has 2 aliphatic rings. The van der Waals surface area contributed by atoms with E-state index < -0.39 is 22.8 Å². The van der Waals surface area contributed by atoms with Gasteiger partial charge in [0.2, 0.25) is 0 Å². The number of carbonyl (C=O) groups is 2. The van der Waals surface area contributed by atoms with Gasteiger partial charge in [0.05, 0.1) is 17.6 Å². The molecule has 0 N–H and O–H groups in total. The van der Waals surface area contributed by atoms with Crippen LogP contribution in [0.3, 0.4) is 0 Å². The summed E-state index contributed by atoms with van der Waals surface area (Å²) in [6, 6.07) is 2.90. The molecule has 0 radical (unpaired) electrons. The molecule has 178 valence electrons. The maximum Gasteiger partial charge on any atom is 0.341 e. The van der Waals surface area contributed by atoms with Gasteiger partial charge in [-0.15, -0.1) is 5.06 Å². The van der Waals surface area contributed by atoms with Crippen LogP contribution >= 0.6 is 0 Å². The third-order valence-corrected chi connectivity index (χ3v) is 5.52. The molecule has 7 heteroatoms. The minimum atomic E-state index is -0.693. The van der Waals surface area contributed by atoms with Crippen molar-refractivity contribution >= 4 is 11.9 Å². The molecule has 0 bridgehead atoms. The minimum absolute atomic E-state index is 0.0490. The van der Waals surface area contributed by atoms with E-state index in [1.807, 2.05) is 20.8 Å². The van der Waals surface area contributed by atoms with Gasteiger partial charge in [-0.25, -0.2) is 14.0 Å². The molecule has 0 amide bonds. The van der Waals surface area contributed by atoms with Gasteiger partial charge in [-0.3, -0.25) is 0 Å². The summed E-state index contributed by atoms with van der Waals surface area (Å²) in [4.78, 5) is 30.2. The fourth-order valence-corrected chi connectivity index (χ4v) is 3.61. The second-order valence-electron chi connectivity index (χ2n) is 11.0. The lowest BCUT2D eigenvalue weighted by Crippen LogP contribution is -2.41. The van der Waals surface area contributed by atoms with Gasteiger partial charge in [-0.05, 0) is 84.8 Å². The Morgan fingerprint density at radius 1 is 1.09 bits per heavy atom. The first-order valence-electron chi connectivity index (χ1n) is 11.5. The third-order valence-electron chi connectivity index (χ3n) is 5.52. The van der Waals surface area contributed by atoms with E-state index in [1.165, 1.54) is 6.07 Å². The quantitative estimate of drug-likeness (QED) is 0.553. The maximum absolute atomic E-state index is 14.8. The largest absolute Gasteiger partial charge is 0.493 e. The van der Waals surface area contributed by atoms with Crippen LogP contribution in [0.2, 0.25) is 0 Å². The fourth-order valence-electron chi connectivity index (χ4n) is 3.61. The fraction of sp³-hybridized carbons (Fsp3) is 0.680. The standard InChI is InChI=1S/C25H36FNO5/c1-24(2,3)23(29)32-27-11-7-8-16(14-27)15-30-21-13-20(26)19(12-18(21)17-9-10-17)22(28)31-25(4,5)6/h12-13,16-17H,7-11,14-15H2,1-6H3/t16-/m0/s1. The van der Waals surface area contributed by atoms with Gasteiger partial charge in [0.25, 0.3) is 0 Å². The van der Waals surface area contributed by atoms with E-state index in [1.54, 1.807) is 31.9 Å². The van der Waals surface area contributed by atoms with Crippen LogP contribution in [0.25, 0.3) is 0 Å². The zero-order chi connectivity index (χ0) is 23.7. The highest BCUT2D eigenvalue weighted by molar-refractivity contribution is 5.90. The number of ether oxygens (including phenoxy) is 2. The Labute approximate surface area is 190 Å². The molecule has 1 aliphatic heterocycles. The van der Waals surface area contributed by atoms with Gasteiger partial charge in [-0.2, -0.15) is 0 Å². The lowest BCUT2D eigenvalue weighted by molar-refractivity contribution is -0.208. The molecular formula is C25H36FNO5. The van der Waals surface area contributed by atoms with Crippen molar-refractivity contribution in [1.29, 1.82) is 0 Å². The third kappa shape index (κ3) is 6.67. The van der Waals surface area contributed by atoms with Crippen molar-refractivity contribution in [3.05, 3.63) is 29.1 Å². The van der Waals surface area contributed by atoms with E-state index in [2.05, 4.69) is 0 Å². The highest BCUT2D eigenvalue weighted by Crippen LogP contribution is 2.45. The second-order valence-corrected chi connectivity index (χ2v) is 11.0. The molecule has 2 fully saturated rings. The average molecular weight is 450 g/mol. The van der Waals surface area contributed by atoms with Gasteiger partial charge < -0.3 is 14.3 Å². The smallest absolute Gasteiger partial charge is 0.341 e. The first kappa shape index (κ1) is 24.5. The summed E-state index contributed by atoms with van der Waals surface area (Å²) < 4.78 is 26.2. The van der Waals surface area contributed by atoms with Crippen molar-refractivity contribution < 1.29 is 28.3 Å². The van der Waals surface area contributed by atoms with Crippen LogP contribution in [-0.2, 0) is 14.4 Å². The van der Waals surface area contributed by atoms with Gasteiger partial charge in [0.1, 0.15) is 17.2 Å². The lowest BCUT2D eigenvalue weighted by Gasteiger charge is -2.32. The first-order valence-corrected chi connectivity index (χ1v) is 11.5. The molecule has 1 saturated heterocycles. The minimum Gasteiger partial charge on any atom is -0.493 e. The zero-order valence-corrected chi connectivity index (χ0v) is 20.1. The number of hydrogen-bond acceptors (Lipinski definition) is 6. The number of benzene rings is 1. The Hall–Kier alpha value is -2.15. The van der Waals surface area contributed by atoms with E-state index in [4.69, 9.17) is 14.3 Å². The lowest BCUT2D eigenvalue weighted by atomic mass is 9.97. The number of nitrogens with zero attached hydrogens (tertiary/aromatic N) is 1. The molecule has 1 aliphatic carbocycles. The molecule has 6 nitrogen and oxygen atoms in total. The summed E-state index contributed by atoms with van der Waals surface area (Å²) in [6.07, 6.45) is 3.83. The first-order chi connectivity index (χ1) is 14.8. The van der Waals surface area contributed by atoms with Crippen LogP contribution < -0.4 is 4.74 Å². The van der Waals surface area contributed by atoms with Crippen LogP contribution in [0.4, 0.5) is 4.39 Å². The molecule has 0 aromatic heterocycles. The molecule has 0 unspecified atom stereocenters. The maximum atomic E-state index is 14.8. The van der Waals surface area contributed by atoms with Crippen molar-refractivity contribution in [2.75, 3.05) is 19.7 Å². The summed E-state index contributed by atoms with van der Waals surface area (Å²) in [6.45, 7) is 12.4. The normalized spacial score (nSPS) is 20.0. The average Bonchev–Trinajstić information content (AvgIpc) is 3.49. The number of piperidine rings is 1. The monoisotopic (exact) mass is 449 g/mol. The molecule has 1 heterocycles. The second kappa shape index (κ2) is 9.38. The summed E-state index contributed by atoms with van der Waals surface area (Å²) in [5.41, 5.74) is -0.441. The van der Waals surface area contributed by atoms with E-state index >= 15 is 0 Å². The number of halogens is 1. The van der Waals surface area contributed by atoms with Crippen LogP contribution in [0.1, 0.15) is 89.1 Å². The van der Waals surface area contributed by atoms with E-state index in [9.17, 15) is 14.0 Å². The van der Waals surface area contributed by atoms with E-state index in [-0.39, 0.29) is 23.4 Å². The van der Waals surface area contributed by atoms with Crippen LogP contribution in [0, 0.1) is 17.2 Å². The van der Waals surface area contributed by atoms with Crippen LogP contribution in [-0.4, -0.2) is 42.3 Å². The molecule has 3 rings (SSSR count). The molecule has 1 saturated carbocycles. The predicted molar refractivity (Wildman–Crippen MR) is 119 cm³/mol. The molecule has 1 aromatic rings. The summed E-state index contributed by atoms with van der Waals surface area (Å²) in [5.74, 6) is -0.620. The van der Waals surface area contributed by atoms with Crippen molar-refractivity contribution in [3.8, 4) is 5.75 Å². The topological polar surface area (TPSA) is 65.1 Å². The molecule has 0 spiro atoms. The molecule has 1 atom stereocenters. The Bertz CT molecular complexity index is 851. The number of carbonyl (C=O) groups excluding carboxylic acids is 2. The Morgan fingerprint density at radius 3 is 2.38 bits per heavy atom. The van der Waals surface area contributed by atoms with Crippen molar-refractivity contribution in [1.82, 2.24) is 5.06 Å². The van der Waals surface area contributed by atoms with Crippen molar-refractivity contribution in [2.45, 2.75) is 78.7 Å². The SMILES string of the molecule is CC(C)(C)OC(=O)c1cc(C2CC2)c(OC[C@H]2CCCN(OC(=O)C(C)(C)C)C2)cc1F. The molecule has 32 heavy (non-hydrogen) atoms. The Balaban J connectivity index is 1.66. The number of esters is 1. The van der Waals surface area contributed by atoms with E-state index in [0.29, 0.717) is 25.4 Å². The van der Waals surface area contributed by atoms with Crippen LogP contribution in [0.5, 0.6) is 5.75 Å². The predicted octanol–water partition coefficient (Wildman–Crippen LogP) is 5.25. The Morgan fingerprint density at radius 2 is 1.78 bits per heavy atom. The Kier molecular flexibility index (Phi) is 7.18. The summed E-state index contributed by atoms with van der Waals surface area (Å²) in [7, 11) is 0. The number of hydroxylamine groups is 2. The van der Waals surface area contributed by atoms with Gasteiger partial charge in [0, 0.05) is 25.1 Å². The summed E-state index contributed by atoms with van der Waals surface area (Å²) >= 11 is 0. The molecular weight excluding hydrogens is 413 g/mol. The molecule has 1 aromatic carbocycles. The highest BCUT2D eigenvalue weighted by Gasteiger charge is 2.32.